The molecule has 0 amide bonds. The zero-order chi connectivity index (χ0) is 23.2. The summed E-state index contributed by atoms with van der Waals surface area (Å²) in [6.07, 6.45) is 4.80. The minimum absolute atomic E-state index is 0.132. The van der Waals surface area contributed by atoms with E-state index in [-0.39, 0.29) is 5.92 Å². The predicted octanol–water partition coefficient (Wildman–Crippen LogP) is 4.42. The maximum atomic E-state index is 10.3. The Morgan fingerprint density at radius 2 is 1.76 bits per heavy atom. The molecule has 4 aromatic rings. The topological polar surface area (TPSA) is 104 Å². The van der Waals surface area contributed by atoms with Gasteiger partial charge in [0.1, 0.15) is 28.6 Å². The molecule has 0 saturated heterocycles. The summed E-state index contributed by atoms with van der Waals surface area (Å²) >= 11 is 0. The van der Waals surface area contributed by atoms with Crippen molar-refractivity contribution in [1.82, 2.24) is 14.4 Å². The molecule has 0 aliphatic heterocycles. The molecular formula is C25H26N4O4. The number of hydrogen-bond donors (Lipinski definition) is 2. The third-order valence-electron chi connectivity index (χ3n) is 6.04. The second kappa shape index (κ2) is 7.97. The molecule has 0 spiro atoms. The normalized spacial score (nSPS) is 19.8. The summed E-state index contributed by atoms with van der Waals surface area (Å²) < 4.78 is 19.4. The number of fused-ring (bicyclic) bond motifs is 1. The fraction of sp³-hybridized carbons (Fsp3) is 0.280. The molecule has 2 aromatic carbocycles. The van der Waals surface area contributed by atoms with E-state index in [0.29, 0.717) is 52.9 Å². The van der Waals surface area contributed by atoms with Crippen LogP contribution in [0.2, 0.25) is 0 Å². The molecule has 1 aliphatic rings. The summed E-state index contributed by atoms with van der Waals surface area (Å²) in [5.41, 5.74) is 7.76. The molecule has 0 unspecified atom stereocenters. The van der Waals surface area contributed by atoms with Crippen LogP contribution in [-0.4, -0.2) is 39.3 Å². The first-order chi connectivity index (χ1) is 15.9. The number of aliphatic hydroxyl groups is 1. The van der Waals surface area contributed by atoms with Gasteiger partial charge in [0, 0.05) is 23.9 Å². The van der Waals surface area contributed by atoms with Crippen LogP contribution in [0.3, 0.4) is 0 Å². The Morgan fingerprint density at radius 1 is 1.09 bits per heavy atom. The van der Waals surface area contributed by atoms with Gasteiger partial charge in [-0.05, 0) is 44.0 Å². The lowest BCUT2D eigenvalue weighted by Crippen LogP contribution is -2.40. The molecule has 170 valence electrons. The van der Waals surface area contributed by atoms with E-state index in [4.69, 9.17) is 24.9 Å². The maximum absolute atomic E-state index is 10.3. The highest BCUT2D eigenvalue weighted by Crippen LogP contribution is 2.47. The highest BCUT2D eigenvalue weighted by atomic mass is 16.5. The molecule has 2 aromatic heterocycles. The van der Waals surface area contributed by atoms with Crippen molar-refractivity contribution >= 4 is 11.3 Å². The van der Waals surface area contributed by atoms with Crippen molar-refractivity contribution in [1.29, 1.82) is 0 Å². The molecule has 0 atom stereocenters. The van der Waals surface area contributed by atoms with Crippen molar-refractivity contribution in [2.45, 2.75) is 31.3 Å². The van der Waals surface area contributed by atoms with Crippen LogP contribution in [-0.2, 0) is 0 Å². The van der Waals surface area contributed by atoms with Crippen molar-refractivity contribution in [2.24, 2.45) is 0 Å². The monoisotopic (exact) mass is 446 g/mol. The number of aromatic nitrogens is 3. The second-order valence-corrected chi connectivity index (χ2v) is 8.58. The molecule has 0 radical (unpaired) electrons. The van der Waals surface area contributed by atoms with Crippen LogP contribution in [0.4, 0.5) is 5.82 Å². The number of benzene rings is 2. The molecule has 2 heterocycles. The quantitative estimate of drug-likeness (QED) is 0.452. The van der Waals surface area contributed by atoms with E-state index in [2.05, 4.69) is 4.98 Å². The molecule has 1 fully saturated rings. The molecule has 1 aliphatic carbocycles. The molecular weight excluding hydrogens is 420 g/mol. The number of anilines is 1. The van der Waals surface area contributed by atoms with Crippen molar-refractivity contribution in [3.63, 3.8) is 0 Å². The lowest BCUT2D eigenvalue weighted by Gasteiger charge is -2.40. The van der Waals surface area contributed by atoms with E-state index < -0.39 is 5.60 Å². The molecule has 3 N–H and O–H groups in total. The number of para-hydroxylation sites is 1. The largest absolute Gasteiger partial charge is 0.493 e. The standard InChI is InChI=1S/C25H26N4O4/c1-25(30)13-16(14-25)24-28-20(21-23(26)27-9-10-29(21)24)15-11-18(31-2)22(19(12-15)32-3)33-17-7-5-4-6-8-17/h4-12,16,30H,13-14H2,1-3H3,(H2,26,27)/t16-,25+. The van der Waals surface area contributed by atoms with Crippen LogP contribution in [0.5, 0.6) is 23.0 Å². The fourth-order valence-corrected chi connectivity index (χ4v) is 4.48. The van der Waals surface area contributed by atoms with Gasteiger partial charge in [0.05, 0.1) is 19.8 Å². The number of nitrogen functional groups attached to an aromatic ring is 1. The highest BCUT2D eigenvalue weighted by molar-refractivity contribution is 5.87. The van der Waals surface area contributed by atoms with Gasteiger partial charge in [-0.25, -0.2) is 9.97 Å². The Morgan fingerprint density at radius 3 is 2.36 bits per heavy atom. The van der Waals surface area contributed by atoms with Crippen LogP contribution >= 0.6 is 0 Å². The van der Waals surface area contributed by atoms with Crippen LogP contribution in [0, 0.1) is 0 Å². The first-order valence-corrected chi connectivity index (χ1v) is 10.7. The maximum Gasteiger partial charge on any atom is 0.211 e. The average Bonchev–Trinajstić information content (AvgIpc) is 3.19. The minimum atomic E-state index is -0.669. The first kappa shape index (κ1) is 21.1. The Labute approximate surface area is 191 Å². The summed E-state index contributed by atoms with van der Waals surface area (Å²) in [5.74, 6) is 3.51. The van der Waals surface area contributed by atoms with Gasteiger partial charge in [0.2, 0.25) is 5.75 Å². The fourth-order valence-electron chi connectivity index (χ4n) is 4.48. The van der Waals surface area contributed by atoms with Crippen LogP contribution in [0.15, 0.2) is 54.9 Å². The van der Waals surface area contributed by atoms with Gasteiger partial charge in [-0.3, -0.25) is 4.40 Å². The van der Waals surface area contributed by atoms with E-state index in [9.17, 15) is 5.11 Å². The van der Waals surface area contributed by atoms with Crippen LogP contribution in [0.25, 0.3) is 16.8 Å². The predicted molar refractivity (Wildman–Crippen MR) is 125 cm³/mol. The van der Waals surface area contributed by atoms with E-state index in [1.807, 2.05) is 60.0 Å². The molecule has 8 nitrogen and oxygen atoms in total. The summed E-state index contributed by atoms with van der Waals surface area (Å²) in [4.78, 5) is 9.23. The molecule has 1 saturated carbocycles. The van der Waals surface area contributed by atoms with Gasteiger partial charge in [0.25, 0.3) is 0 Å². The zero-order valence-electron chi connectivity index (χ0n) is 18.8. The number of hydrogen-bond acceptors (Lipinski definition) is 7. The molecule has 33 heavy (non-hydrogen) atoms. The van der Waals surface area contributed by atoms with Crippen molar-refractivity contribution in [3.05, 3.63) is 60.7 Å². The number of methoxy groups -OCH3 is 2. The summed E-state index contributed by atoms with van der Waals surface area (Å²) in [5, 5.41) is 10.3. The number of nitrogens with zero attached hydrogens (tertiary/aromatic N) is 3. The Kier molecular flexibility index (Phi) is 5.09. The number of rotatable bonds is 6. The van der Waals surface area contributed by atoms with Crippen molar-refractivity contribution < 1.29 is 19.3 Å². The van der Waals surface area contributed by atoms with Gasteiger partial charge in [0.15, 0.2) is 11.5 Å². The first-order valence-electron chi connectivity index (χ1n) is 10.7. The van der Waals surface area contributed by atoms with E-state index in [1.165, 1.54) is 0 Å². The van der Waals surface area contributed by atoms with Crippen molar-refractivity contribution in [2.75, 3.05) is 20.0 Å². The van der Waals surface area contributed by atoms with Gasteiger partial charge in [-0.1, -0.05) is 18.2 Å². The number of nitrogens with two attached hydrogens (primary N) is 1. The van der Waals surface area contributed by atoms with Gasteiger partial charge < -0.3 is 25.1 Å². The van der Waals surface area contributed by atoms with E-state index in [1.54, 1.807) is 20.4 Å². The van der Waals surface area contributed by atoms with Crippen LogP contribution in [0.1, 0.15) is 31.5 Å². The van der Waals surface area contributed by atoms with Gasteiger partial charge in [-0.15, -0.1) is 0 Å². The Bertz CT molecular complexity index is 1280. The third kappa shape index (κ3) is 3.72. The zero-order valence-corrected chi connectivity index (χ0v) is 18.8. The van der Waals surface area contributed by atoms with Gasteiger partial charge in [-0.2, -0.15) is 0 Å². The SMILES string of the molecule is COc1cc(-c2nc([C@H]3C[C@@](C)(O)C3)n3ccnc(N)c23)cc(OC)c1Oc1ccccc1. The van der Waals surface area contributed by atoms with Crippen molar-refractivity contribution in [3.8, 4) is 34.3 Å². The lowest BCUT2D eigenvalue weighted by molar-refractivity contribution is -0.0335. The smallest absolute Gasteiger partial charge is 0.211 e. The molecule has 5 rings (SSSR count). The Balaban J connectivity index is 1.64. The number of ether oxygens (including phenoxy) is 3. The van der Waals surface area contributed by atoms with E-state index >= 15 is 0 Å². The van der Waals surface area contributed by atoms with Gasteiger partial charge >= 0.3 is 0 Å². The Hall–Kier alpha value is -3.78. The minimum Gasteiger partial charge on any atom is -0.493 e. The van der Waals surface area contributed by atoms with Crippen LogP contribution < -0.4 is 19.9 Å². The number of imidazole rings is 1. The molecule has 0 bridgehead atoms. The summed E-state index contributed by atoms with van der Waals surface area (Å²) in [7, 11) is 3.17. The average molecular weight is 447 g/mol. The second-order valence-electron chi connectivity index (χ2n) is 8.58. The summed E-state index contributed by atoms with van der Waals surface area (Å²) in [6, 6.07) is 13.2. The lowest BCUT2D eigenvalue weighted by atomic mass is 9.72. The molecule has 8 heteroatoms. The van der Waals surface area contributed by atoms with E-state index in [0.717, 1.165) is 11.4 Å². The summed E-state index contributed by atoms with van der Waals surface area (Å²) in [6.45, 7) is 1.84. The highest BCUT2D eigenvalue weighted by Gasteiger charge is 2.41. The third-order valence-corrected chi connectivity index (χ3v) is 6.04.